The fourth-order valence-corrected chi connectivity index (χ4v) is 1.88. The normalized spacial score (nSPS) is 12.9. The van der Waals surface area contributed by atoms with Gasteiger partial charge in [-0.3, -0.25) is 9.59 Å². The second kappa shape index (κ2) is 5.12. The largest absolute Gasteiger partial charge is 0.493 e. The average molecular weight is 285 g/mol. The van der Waals surface area contributed by atoms with Crippen LogP contribution in [-0.2, 0) is 4.79 Å². The predicted octanol–water partition coefficient (Wildman–Crippen LogP) is 1.37. The molecule has 2 amide bonds. The van der Waals surface area contributed by atoms with Gasteiger partial charge in [-0.25, -0.2) is 4.98 Å². The highest BCUT2D eigenvalue weighted by atomic mass is 16.5. The number of rotatable bonds is 2. The number of benzene rings is 1. The first-order valence-electron chi connectivity index (χ1n) is 6.15. The third-order valence-corrected chi connectivity index (χ3v) is 2.88. The van der Waals surface area contributed by atoms with Crippen LogP contribution in [-0.4, -0.2) is 28.5 Å². The molecule has 0 fully saturated rings. The average Bonchev–Trinajstić information content (AvgIpc) is 2.48. The molecule has 3 rings (SSSR count). The summed E-state index contributed by atoms with van der Waals surface area (Å²) in [6.45, 7) is -0.0493. The van der Waals surface area contributed by atoms with Gasteiger partial charge in [0.15, 0.2) is 6.61 Å². The number of ether oxygens (including phenoxy) is 1. The van der Waals surface area contributed by atoms with Crippen molar-refractivity contribution in [2.75, 3.05) is 17.2 Å². The number of carbonyl (C=O) groups excluding carboxylic acids is 2. The van der Waals surface area contributed by atoms with Crippen LogP contribution in [0.15, 0.2) is 36.5 Å². The van der Waals surface area contributed by atoms with Crippen LogP contribution in [0.1, 0.15) is 10.4 Å². The van der Waals surface area contributed by atoms with Gasteiger partial charge in [-0.05, 0) is 18.2 Å². The number of anilines is 2. The summed E-state index contributed by atoms with van der Waals surface area (Å²) in [5.41, 5.74) is 1.42. The zero-order valence-electron chi connectivity index (χ0n) is 10.8. The van der Waals surface area contributed by atoms with Gasteiger partial charge in [-0.2, -0.15) is 0 Å². The Labute approximate surface area is 119 Å². The monoisotopic (exact) mass is 285 g/mol. The molecule has 106 valence electrons. The predicted molar refractivity (Wildman–Crippen MR) is 74.4 cm³/mol. The van der Waals surface area contributed by atoms with Gasteiger partial charge in [0.2, 0.25) is 5.88 Å². The third-order valence-electron chi connectivity index (χ3n) is 2.88. The molecule has 1 aliphatic rings. The van der Waals surface area contributed by atoms with Crippen molar-refractivity contribution in [1.82, 2.24) is 4.98 Å². The SMILES string of the molecule is O=C1COc2cc(NC(=O)c3ccc(O)nc3)ccc2N1. The van der Waals surface area contributed by atoms with E-state index in [1.807, 2.05) is 0 Å². The number of amides is 2. The number of fused-ring (bicyclic) bond motifs is 1. The van der Waals surface area contributed by atoms with E-state index >= 15 is 0 Å². The van der Waals surface area contributed by atoms with Crippen molar-refractivity contribution in [3.05, 3.63) is 42.1 Å². The fraction of sp³-hybridized carbons (Fsp3) is 0.0714. The Morgan fingerprint density at radius 2 is 2.19 bits per heavy atom. The molecule has 7 nitrogen and oxygen atoms in total. The maximum Gasteiger partial charge on any atom is 0.262 e. The summed E-state index contributed by atoms with van der Waals surface area (Å²) in [5, 5.41) is 14.4. The molecule has 0 unspecified atom stereocenters. The molecular formula is C14H11N3O4. The van der Waals surface area contributed by atoms with Crippen molar-refractivity contribution < 1.29 is 19.4 Å². The lowest BCUT2D eigenvalue weighted by molar-refractivity contribution is -0.118. The minimum absolute atomic E-state index is 0.0493. The third kappa shape index (κ3) is 2.76. The molecule has 21 heavy (non-hydrogen) atoms. The minimum Gasteiger partial charge on any atom is -0.493 e. The van der Waals surface area contributed by atoms with E-state index in [2.05, 4.69) is 15.6 Å². The van der Waals surface area contributed by atoms with Gasteiger partial charge in [0.25, 0.3) is 11.8 Å². The number of pyridine rings is 1. The van der Waals surface area contributed by atoms with Crippen LogP contribution in [0.2, 0.25) is 0 Å². The van der Waals surface area contributed by atoms with Crippen LogP contribution in [0, 0.1) is 0 Å². The quantitative estimate of drug-likeness (QED) is 0.773. The molecule has 2 heterocycles. The van der Waals surface area contributed by atoms with E-state index in [0.717, 1.165) is 0 Å². The molecule has 1 aromatic carbocycles. The molecule has 2 aromatic rings. The molecule has 1 aliphatic heterocycles. The highest BCUT2D eigenvalue weighted by molar-refractivity contribution is 6.04. The Balaban J connectivity index is 1.77. The van der Waals surface area contributed by atoms with Crippen LogP contribution in [0.5, 0.6) is 11.6 Å². The van der Waals surface area contributed by atoms with Gasteiger partial charge < -0.3 is 20.5 Å². The topological polar surface area (TPSA) is 101 Å². The van der Waals surface area contributed by atoms with Gasteiger partial charge in [-0.1, -0.05) is 0 Å². The summed E-state index contributed by atoms with van der Waals surface area (Å²) >= 11 is 0. The van der Waals surface area contributed by atoms with Gasteiger partial charge in [0.1, 0.15) is 5.75 Å². The molecular weight excluding hydrogens is 274 g/mol. The summed E-state index contributed by atoms with van der Waals surface area (Å²) in [4.78, 5) is 26.8. The molecule has 7 heteroatoms. The number of hydrogen-bond acceptors (Lipinski definition) is 5. The number of aromatic nitrogens is 1. The number of hydrogen-bond donors (Lipinski definition) is 3. The maximum absolute atomic E-state index is 12.0. The lowest BCUT2D eigenvalue weighted by Crippen LogP contribution is -2.25. The van der Waals surface area contributed by atoms with E-state index in [4.69, 9.17) is 9.84 Å². The van der Waals surface area contributed by atoms with Crippen LogP contribution in [0.3, 0.4) is 0 Å². The van der Waals surface area contributed by atoms with Crippen LogP contribution < -0.4 is 15.4 Å². The molecule has 0 radical (unpaired) electrons. The Morgan fingerprint density at radius 1 is 1.33 bits per heavy atom. The second-order valence-corrected chi connectivity index (χ2v) is 4.41. The molecule has 1 aromatic heterocycles. The zero-order chi connectivity index (χ0) is 14.8. The number of nitrogens with one attached hydrogen (secondary N) is 2. The number of aromatic hydroxyl groups is 1. The van der Waals surface area contributed by atoms with Crippen molar-refractivity contribution in [2.45, 2.75) is 0 Å². The minimum atomic E-state index is -0.359. The molecule has 0 saturated carbocycles. The van der Waals surface area contributed by atoms with Crippen LogP contribution in [0.4, 0.5) is 11.4 Å². The first-order valence-corrected chi connectivity index (χ1v) is 6.15. The summed E-state index contributed by atoms with van der Waals surface area (Å²) in [5.74, 6) is -0.225. The Kier molecular flexibility index (Phi) is 3.15. The number of nitrogens with zero attached hydrogens (tertiary/aromatic N) is 1. The first-order chi connectivity index (χ1) is 10.1. The van der Waals surface area contributed by atoms with Crippen molar-refractivity contribution >= 4 is 23.2 Å². The summed E-state index contributed by atoms with van der Waals surface area (Å²) in [7, 11) is 0. The van der Waals surface area contributed by atoms with Gasteiger partial charge in [0, 0.05) is 24.0 Å². The van der Waals surface area contributed by atoms with E-state index < -0.39 is 0 Å². The lowest BCUT2D eigenvalue weighted by Gasteiger charge is -2.18. The Bertz CT molecular complexity index is 713. The number of carbonyl (C=O) groups is 2. The maximum atomic E-state index is 12.0. The summed E-state index contributed by atoms with van der Waals surface area (Å²) in [6.07, 6.45) is 1.28. The lowest BCUT2D eigenvalue weighted by atomic mass is 10.2. The van der Waals surface area contributed by atoms with E-state index in [0.29, 0.717) is 22.7 Å². The molecule has 0 aliphatic carbocycles. The highest BCUT2D eigenvalue weighted by Gasteiger charge is 2.16. The Morgan fingerprint density at radius 3 is 2.95 bits per heavy atom. The van der Waals surface area contributed by atoms with E-state index in [9.17, 15) is 9.59 Å². The summed E-state index contributed by atoms with van der Waals surface area (Å²) < 4.78 is 5.27. The van der Waals surface area contributed by atoms with Gasteiger partial charge in [0.05, 0.1) is 11.3 Å². The smallest absolute Gasteiger partial charge is 0.262 e. The van der Waals surface area contributed by atoms with Crippen molar-refractivity contribution in [1.29, 1.82) is 0 Å². The standard InChI is InChI=1S/C14H11N3O4/c18-12-4-1-8(6-15-12)14(20)16-9-2-3-10-11(5-9)21-7-13(19)17-10/h1-6H,7H2,(H,15,18)(H,16,20)(H,17,19). The van der Waals surface area contributed by atoms with Crippen molar-refractivity contribution in [3.8, 4) is 11.6 Å². The molecule has 0 saturated heterocycles. The molecule has 0 spiro atoms. The van der Waals surface area contributed by atoms with Gasteiger partial charge in [-0.15, -0.1) is 0 Å². The highest BCUT2D eigenvalue weighted by Crippen LogP contribution is 2.30. The second-order valence-electron chi connectivity index (χ2n) is 4.41. The van der Waals surface area contributed by atoms with Crippen molar-refractivity contribution in [2.24, 2.45) is 0 Å². The van der Waals surface area contributed by atoms with Crippen LogP contribution in [0.25, 0.3) is 0 Å². The first kappa shape index (κ1) is 12.9. The fourth-order valence-electron chi connectivity index (χ4n) is 1.88. The molecule has 0 bridgehead atoms. The molecule has 3 N–H and O–H groups in total. The van der Waals surface area contributed by atoms with E-state index in [1.165, 1.54) is 18.3 Å². The van der Waals surface area contributed by atoms with Crippen LogP contribution >= 0.6 is 0 Å². The van der Waals surface area contributed by atoms with E-state index in [1.54, 1.807) is 18.2 Å². The summed E-state index contributed by atoms with van der Waals surface area (Å²) in [6, 6.07) is 7.73. The Hall–Kier alpha value is -3.09. The zero-order valence-corrected chi connectivity index (χ0v) is 10.8. The van der Waals surface area contributed by atoms with Crippen molar-refractivity contribution in [3.63, 3.8) is 0 Å². The van der Waals surface area contributed by atoms with E-state index in [-0.39, 0.29) is 24.3 Å². The molecule has 0 atom stereocenters. The van der Waals surface area contributed by atoms with Gasteiger partial charge >= 0.3 is 0 Å².